The van der Waals surface area contributed by atoms with Crippen molar-refractivity contribution in [3.8, 4) is 0 Å². The molecule has 0 radical (unpaired) electrons. The number of nitrogens with zero attached hydrogens (tertiary/aromatic N) is 3. The van der Waals surface area contributed by atoms with Crippen LogP contribution >= 0.6 is 0 Å². The number of imide groups is 1. The fourth-order valence-electron chi connectivity index (χ4n) is 5.40. The number of fused-ring (bicyclic) bond motifs is 4. The molecule has 29 heavy (non-hydrogen) atoms. The molecule has 6 rings (SSSR count). The quantitative estimate of drug-likeness (QED) is 0.637. The molecular weight excluding hydrogens is 362 g/mol. The molecule has 0 unspecified atom stereocenters. The minimum Gasteiger partial charge on any atom is -0.274 e. The van der Waals surface area contributed by atoms with Crippen LogP contribution < -0.4 is 4.90 Å². The molecule has 0 aromatic heterocycles. The van der Waals surface area contributed by atoms with Gasteiger partial charge in [0.15, 0.2) is 0 Å². The number of amides is 2. The molecule has 3 heterocycles. The molecule has 3 saturated heterocycles. The Morgan fingerprint density at radius 1 is 0.690 bits per heavy atom. The highest BCUT2D eigenvalue weighted by atomic mass is 16.2. The van der Waals surface area contributed by atoms with E-state index >= 15 is 0 Å². The van der Waals surface area contributed by atoms with E-state index in [2.05, 4.69) is 22.2 Å². The van der Waals surface area contributed by atoms with Crippen molar-refractivity contribution in [2.75, 3.05) is 18.0 Å². The zero-order valence-electron chi connectivity index (χ0n) is 15.9. The molecule has 0 aliphatic carbocycles. The SMILES string of the molecule is O=C1[C@H]2[C@@H](C(=O)N1c1cccc3ccccc13)N1CCCN1[C@H]2c1ccccc1. The maximum absolute atomic E-state index is 13.7. The van der Waals surface area contributed by atoms with Crippen molar-refractivity contribution >= 4 is 28.3 Å². The fourth-order valence-corrected chi connectivity index (χ4v) is 5.40. The number of carbonyl (C=O) groups excluding carboxylic acids is 2. The van der Waals surface area contributed by atoms with E-state index in [4.69, 9.17) is 0 Å². The van der Waals surface area contributed by atoms with Crippen LogP contribution in [-0.4, -0.2) is 41.0 Å². The predicted octanol–water partition coefficient (Wildman–Crippen LogP) is 3.38. The Bertz CT molecular complexity index is 1120. The maximum atomic E-state index is 13.7. The van der Waals surface area contributed by atoms with Gasteiger partial charge in [0.2, 0.25) is 5.91 Å². The first kappa shape index (κ1) is 16.9. The normalized spacial score (nSPS) is 27.0. The second kappa shape index (κ2) is 6.24. The Morgan fingerprint density at radius 2 is 1.38 bits per heavy atom. The van der Waals surface area contributed by atoms with Gasteiger partial charge in [0, 0.05) is 18.5 Å². The molecule has 0 saturated carbocycles. The third kappa shape index (κ3) is 2.29. The molecule has 0 N–H and O–H groups in total. The molecule has 2 amide bonds. The summed E-state index contributed by atoms with van der Waals surface area (Å²) in [6.45, 7) is 1.72. The Morgan fingerprint density at radius 3 is 2.21 bits per heavy atom. The highest BCUT2D eigenvalue weighted by Crippen LogP contribution is 2.49. The summed E-state index contributed by atoms with van der Waals surface area (Å²) in [6, 6.07) is 23.4. The highest BCUT2D eigenvalue weighted by Gasteiger charge is 2.62. The summed E-state index contributed by atoms with van der Waals surface area (Å²) in [5.41, 5.74) is 1.80. The fraction of sp³-hybridized carbons (Fsp3) is 0.250. The number of anilines is 1. The van der Waals surface area contributed by atoms with Crippen molar-refractivity contribution in [2.45, 2.75) is 18.5 Å². The Hall–Kier alpha value is -3.02. The molecule has 144 valence electrons. The summed E-state index contributed by atoms with van der Waals surface area (Å²) in [6.07, 6.45) is 1.02. The first-order valence-electron chi connectivity index (χ1n) is 10.2. The second-order valence-corrected chi connectivity index (χ2v) is 8.02. The van der Waals surface area contributed by atoms with Crippen molar-refractivity contribution in [2.24, 2.45) is 5.92 Å². The smallest absolute Gasteiger partial charge is 0.253 e. The van der Waals surface area contributed by atoms with Gasteiger partial charge in [-0.3, -0.25) is 9.59 Å². The number of hydrazine groups is 1. The number of rotatable bonds is 2. The summed E-state index contributed by atoms with van der Waals surface area (Å²) in [5.74, 6) is -0.551. The Kier molecular flexibility index (Phi) is 3.63. The first-order chi connectivity index (χ1) is 14.3. The van der Waals surface area contributed by atoms with Gasteiger partial charge in [0.25, 0.3) is 5.91 Å². The van der Waals surface area contributed by atoms with Gasteiger partial charge >= 0.3 is 0 Å². The van der Waals surface area contributed by atoms with Crippen molar-refractivity contribution in [3.05, 3.63) is 78.4 Å². The van der Waals surface area contributed by atoms with Crippen LogP contribution in [0.2, 0.25) is 0 Å². The largest absolute Gasteiger partial charge is 0.274 e. The molecule has 3 atom stereocenters. The van der Waals surface area contributed by atoms with E-state index < -0.39 is 6.04 Å². The third-order valence-corrected chi connectivity index (χ3v) is 6.55. The molecule has 3 aromatic rings. The molecule has 3 aromatic carbocycles. The van der Waals surface area contributed by atoms with Crippen LogP contribution in [0, 0.1) is 5.92 Å². The van der Waals surface area contributed by atoms with Crippen molar-refractivity contribution < 1.29 is 9.59 Å². The van der Waals surface area contributed by atoms with Gasteiger partial charge in [-0.2, -0.15) is 0 Å². The molecule has 5 heteroatoms. The lowest BCUT2D eigenvalue weighted by molar-refractivity contribution is -0.126. The van der Waals surface area contributed by atoms with Crippen LogP contribution in [0.5, 0.6) is 0 Å². The lowest BCUT2D eigenvalue weighted by Gasteiger charge is -2.30. The molecule has 3 aliphatic rings. The zero-order valence-corrected chi connectivity index (χ0v) is 15.9. The van der Waals surface area contributed by atoms with Crippen LogP contribution in [0.1, 0.15) is 18.0 Å². The topological polar surface area (TPSA) is 43.9 Å². The van der Waals surface area contributed by atoms with Gasteiger partial charge in [0.1, 0.15) is 6.04 Å². The highest BCUT2D eigenvalue weighted by molar-refractivity contribution is 6.26. The lowest BCUT2D eigenvalue weighted by Crippen LogP contribution is -2.44. The number of hydrogen-bond donors (Lipinski definition) is 0. The van der Waals surface area contributed by atoms with Crippen molar-refractivity contribution in [1.82, 2.24) is 10.0 Å². The number of benzene rings is 3. The monoisotopic (exact) mass is 383 g/mol. The van der Waals surface area contributed by atoms with E-state index in [0.29, 0.717) is 5.69 Å². The second-order valence-electron chi connectivity index (χ2n) is 8.02. The van der Waals surface area contributed by atoms with Gasteiger partial charge < -0.3 is 0 Å². The van der Waals surface area contributed by atoms with E-state index in [-0.39, 0.29) is 23.8 Å². The van der Waals surface area contributed by atoms with Gasteiger partial charge in [-0.15, -0.1) is 0 Å². The molecule has 0 bridgehead atoms. The summed E-state index contributed by atoms with van der Waals surface area (Å²) in [7, 11) is 0. The van der Waals surface area contributed by atoms with Gasteiger partial charge in [-0.25, -0.2) is 14.9 Å². The summed E-state index contributed by atoms with van der Waals surface area (Å²) >= 11 is 0. The Balaban J connectivity index is 1.49. The summed E-state index contributed by atoms with van der Waals surface area (Å²) in [4.78, 5) is 28.8. The van der Waals surface area contributed by atoms with Crippen LogP contribution in [0.3, 0.4) is 0 Å². The van der Waals surface area contributed by atoms with Gasteiger partial charge in [0.05, 0.1) is 17.6 Å². The third-order valence-electron chi connectivity index (χ3n) is 6.55. The van der Waals surface area contributed by atoms with E-state index in [1.54, 1.807) is 0 Å². The van der Waals surface area contributed by atoms with Gasteiger partial charge in [-0.1, -0.05) is 66.7 Å². The summed E-state index contributed by atoms with van der Waals surface area (Å²) < 4.78 is 0. The minimum atomic E-state index is -0.408. The van der Waals surface area contributed by atoms with E-state index in [1.165, 1.54) is 4.90 Å². The number of hydrogen-bond acceptors (Lipinski definition) is 4. The average molecular weight is 383 g/mol. The standard InChI is InChI=1S/C24H21N3O2/c28-23-20-21(17-9-2-1-3-10-17)25-14-7-15-26(25)22(20)24(29)27(23)19-13-6-11-16-8-4-5-12-18(16)19/h1-6,8-13,20-22H,7,14-15H2/t20-,21+,22+/m1/s1. The molecule has 3 aliphatic heterocycles. The van der Waals surface area contributed by atoms with E-state index in [9.17, 15) is 9.59 Å². The maximum Gasteiger partial charge on any atom is 0.253 e. The van der Waals surface area contributed by atoms with Crippen LogP contribution in [0.4, 0.5) is 5.69 Å². The number of carbonyl (C=O) groups is 2. The molecule has 3 fully saturated rings. The minimum absolute atomic E-state index is 0.0832. The summed E-state index contributed by atoms with van der Waals surface area (Å²) in [5, 5.41) is 6.37. The molecular formula is C24H21N3O2. The van der Waals surface area contributed by atoms with E-state index in [0.717, 1.165) is 35.8 Å². The van der Waals surface area contributed by atoms with Crippen LogP contribution in [0.25, 0.3) is 10.8 Å². The van der Waals surface area contributed by atoms with Crippen LogP contribution in [0.15, 0.2) is 72.8 Å². The Labute approximate surface area is 169 Å². The lowest BCUT2D eigenvalue weighted by atomic mass is 9.90. The van der Waals surface area contributed by atoms with Crippen LogP contribution in [-0.2, 0) is 9.59 Å². The molecule has 5 nitrogen and oxygen atoms in total. The van der Waals surface area contributed by atoms with Crippen molar-refractivity contribution in [1.29, 1.82) is 0 Å². The van der Waals surface area contributed by atoms with E-state index in [1.807, 2.05) is 60.7 Å². The predicted molar refractivity (Wildman–Crippen MR) is 111 cm³/mol. The molecule has 0 spiro atoms. The van der Waals surface area contributed by atoms with Crippen molar-refractivity contribution in [3.63, 3.8) is 0 Å². The zero-order chi connectivity index (χ0) is 19.5. The first-order valence-corrected chi connectivity index (χ1v) is 10.2. The van der Waals surface area contributed by atoms with Gasteiger partial charge in [-0.05, 0) is 23.4 Å². The average Bonchev–Trinajstić information content (AvgIpc) is 3.40.